The summed E-state index contributed by atoms with van der Waals surface area (Å²) in [5.41, 5.74) is 0.252. The Labute approximate surface area is 88.3 Å². The normalized spacial score (nSPS) is 25.6. The van der Waals surface area contributed by atoms with Gasteiger partial charge in [0.15, 0.2) is 0 Å². The van der Waals surface area contributed by atoms with Gasteiger partial charge < -0.3 is 5.32 Å². The molecule has 0 radical (unpaired) electrons. The molecule has 0 fully saturated rings. The zero-order chi connectivity index (χ0) is 10.3. The summed E-state index contributed by atoms with van der Waals surface area (Å²) < 4.78 is 0. The van der Waals surface area contributed by atoms with Gasteiger partial charge in [0, 0.05) is 5.54 Å². The van der Waals surface area contributed by atoms with E-state index < -0.39 is 0 Å². The van der Waals surface area contributed by atoms with Crippen molar-refractivity contribution in [3.63, 3.8) is 0 Å². The molecular formula is C13H23N. The van der Waals surface area contributed by atoms with Gasteiger partial charge in [0.2, 0.25) is 0 Å². The number of nitrogens with one attached hydrogen (secondary N) is 1. The molecule has 0 aromatic carbocycles. The summed E-state index contributed by atoms with van der Waals surface area (Å²) in [4.78, 5) is 0. The lowest BCUT2D eigenvalue weighted by Crippen LogP contribution is -2.43. The average Bonchev–Trinajstić information content (AvgIpc) is 2.26. The molecule has 80 valence electrons. The van der Waals surface area contributed by atoms with Crippen LogP contribution < -0.4 is 5.32 Å². The third kappa shape index (κ3) is 3.30. The molecule has 1 heteroatoms. The fourth-order valence-corrected chi connectivity index (χ4v) is 1.90. The Hall–Kier alpha value is -0.560. The first kappa shape index (κ1) is 11.5. The highest BCUT2D eigenvalue weighted by Gasteiger charge is 2.23. The number of hydrogen-bond donors (Lipinski definition) is 1. The molecule has 0 aromatic heterocycles. The van der Waals surface area contributed by atoms with Gasteiger partial charge in [-0.2, -0.15) is 0 Å². The highest BCUT2D eigenvalue weighted by atomic mass is 15.0. The molecule has 0 saturated heterocycles. The van der Waals surface area contributed by atoms with Crippen molar-refractivity contribution in [2.24, 2.45) is 0 Å². The van der Waals surface area contributed by atoms with Gasteiger partial charge in [0.05, 0.1) is 0 Å². The van der Waals surface area contributed by atoms with Crippen molar-refractivity contribution in [2.45, 2.75) is 51.5 Å². The average molecular weight is 193 g/mol. The van der Waals surface area contributed by atoms with Crippen LogP contribution in [0.1, 0.15) is 46.0 Å². The molecule has 1 N–H and O–H groups in total. The van der Waals surface area contributed by atoms with Crippen LogP contribution in [-0.2, 0) is 0 Å². The van der Waals surface area contributed by atoms with E-state index in [4.69, 9.17) is 0 Å². The zero-order valence-electron chi connectivity index (χ0n) is 9.55. The minimum absolute atomic E-state index is 0.252. The first-order valence-electron chi connectivity index (χ1n) is 5.92. The van der Waals surface area contributed by atoms with Gasteiger partial charge in [-0.1, -0.05) is 51.0 Å². The standard InChI is InChI=1S/C13H23N/c1-3-5-9-12-14-13(4-2)10-7-6-8-11-13/h6-8,10,14H,3-5,9,11-12H2,1-2H3/t13-/m0/s1. The van der Waals surface area contributed by atoms with E-state index in [2.05, 4.69) is 43.5 Å². The highest BCUT2D eigenvalue weighted by Crippen LogP contribution is 2.21. The van der Waals surface area contributed by atoms with E-state index in [9.17, 15) is 0 Å². The van der Waals surface area contributed by atoms with Gasteiger partial charge in [-0.05, 0) is 25.8 Å². The first-order chi connectivity index (χ1) is 6.83. The van der Waals surface area contributed by atoms with E-state index in [1.165, 1.54) is 25.7 Å². The predicted molar refractivity (Wildman–Crippen MR) is 63.4 cm³/mol. The number of hydrogen-bond acceptors (Lipinski definition) is 1. The maximum atomic E-state index is 3.68. The zero-order valence-corrected chi connectivity index (χ0v) is 9.55. The Morgan fingerprint density at radius 1 is 1.21 bits per heavy atom. The molecule has 0 saturated carbocycles. The molecule has 14 heavy (non-hydrogen) atoms. The summed E-state index contributed by atoms with van der Waals surface area (Å²) in [6.45, 7) is 5.66. The van der Waals surface area contributed by atoms with E-state index >= 15 is 0 Å². The van der Waals surface area contributed by atoms with Gasteiger partial charge in [-0.15, -0.1) is 0 Å². The third-order valence-electron chi connectivity index (χ3n) is 3.03. The molecule has 1 atom stereocenters. The highest BCUT2D eigenvalue weighted by molar-refractivity contribution is 5.20. The van der Waals surface area contributed by atoms with Crippen molar-refractivity contribution in [1.82, 2.24) is 5.32 Å². The SMILES string of the molecule is CCCCCN[C@@]1(CC)C=CC=CC1. The summed E-state index contributed by atoms with van der Waals surface area (Å²) in [5, 5.41) is 3.68. The van der Waals surface area contributed by atoms with Crippen molar-refractivity contribution >= 4 is 0 Å². The van der Waals surface area contributed by atoms with Crippen LogP contribution >= 0.6 is 0 Å². The van der Waals surface area contributed by atoms with Crippen molar-refractivity contribution in [3.8, 4) is 0 Å². The summed E-state index contributed by atoms with van der Waals surface area (Å²) in [5.74, 6) is 0. The molecule has 0 aliphatic heterocycles. The number of allylic oxidation sites excluding steroid dienone is 2. The second kappa shape index (κ2) is 6.02. The van der Waals surface area contributed by atoms with E-state index in [1.807, 2.05) is 0 Å². The Kier molecular flexibility index (Phi) is 4.95. The molecule has 1 nitrogen and oxygen atoms in total. The van der Waals surface area contributed by atoms with E-state index in [0.29, 0.717) is 0 Å². The number of rotatable bonds is 6. The van der Waals surface area contributed by atoms with Crippen LogP contribution in [0.15, 0.2) is 24.3 Å². The minimum atomic E-state index is 0.252. The summed E-state index contributed by atoms with van der Waals surface area (Å²) in [7, 11) is 0. The van der Waals surface area contributed by atoms with Crippen LogP contribution in [0.25, 0.3) is 0 Å². The van der Waals surface area contributed by atoms with Crippen LogP contribution in [0.5, 0.6) is 0 Å². The van der Waals surface area contributed by atoms with Gasteiger partial charge in [0.1, 0.15) is 0 Å². The predicted octanol–water partition coefficient (Wildman–Crippen LogP) is 3.43. The quantitative estimate of drug-likeness (QED) is 0.637. The molecule has 0 amide bonds. The molecule has 1 aliphatic carbocycles. The van der Waals surface area contributed by atoms with Crippen molar-refractivity contribution < 1.29 is 0 Å². The molecular weight excluding hydrogens is 170 g/mol. The van der Waals surface area contributed by atoms with E-state index in [-0.39, 0.29) is 5.54 Å². The van der Waals surface area contributed by atoms with Crippen molar-refractivity contribution in [3.05, 3.63) is 24.3 Å². The second-order valence-electron chi connectivity index (χ2n) is 4.13. The van der Waals surface area contributed by atoms with Crippen LogP contribution in [0, 0.1) is 0 Å². The van der Waals surface area contributed by atoms with Crippen LogP contribution in [0.4, 0.5) is 0 Å². The van der Waals surface area contributed by atoms with Crippen LogP contribution in [0.3, 0.4) is 0 Å². The minimum Gasteiger partial charge on any atom is -0.308 e. The van der Waals surface area contributed by atoms with Gasteiger partial charge in [-0.25, -0.2) is 0 Å². The Morgan fingerprint density at radius 3 is 2.64 bits per heavy atom. The molecule has 0 spiro atoms. The van der Waals surface area contributed by atoms with Crippen LogP contribution in [-0.4, -0.2) is 12.1 Å². The van der Waals surface area contributed by atoms with Crippen molar-refractivity contribution in [2.75, 3.05) is 6.54 Å². The molecule has 0 unspecified atom stereocenters. The monoisotopic (exact) mass is 193 g/mol. The maximum absolute atomic E-state index is 3.68. The smallest absolute Gasteiger partial charge is 0.0399 e. The van der Waals surface area contributed by atoms with E-state index in [1.54, 1.807) is 0 Å². The first-order valence-corrected chi connectivity index (χ1v) is 5.92. The maximum Gasteiger partial charge on any atom is 0.0399 e. The summed E-state index contributed by atoms with van der Waals surface area (Å²) >= 11 is 0. The largest absolute Gasteiger partial charge is 0.308 e. The van der Waals surface area contributed by atoms with Gasteiger partial charge >= 0.3 is 0 Å². The Morgan fingerprint density at radius 2 is 2.07 bits per heavy atom. The van der Waals surface area contributed by atoms with Gasteiger partial charge in [0.25, 0.3) is 0 Å². The third-order valence-corrected chi connectivity index (χ3v) is 3.03. The lowest BCUT2D eigenvalue weighted by molar-refractivity contribution is 0.384. The Bertz CT molecular complexity index is 205. The summed E-state index contributed by atoms with van der Waals surface area (Å²) in [6, 6.07) is 0. The van der Waals surface area contributed by atoms with Crippen LogP contribution in [0.2, 0.25) is 0 Å². The fourth-order valence-electron chi connectivity index (χ4n) is 1.90. The lowest BCUT2D eigenvalue weighted by atomic mass is 9.88. The molecule has 1 aliphatic rings. The van der Waals surface area contributed by atoms with Crippen molar-refractivity contribution in [1.29, 1.82) is 0 Å². The number of unbranched alkanes of at least 4 members (excludes halogenated alkanes) is 2. The molecule has 1 rings (SSSR count). The Balaban J connectivity index is 2.31. The second-order valence-corrected chi connectivity index (χ2v) is 4.13. The fraction of sp³-hybridized carbons (Fsp3) is 0.692. The molecule has 0 aromatic rings. The molecule has 0 heterocycles. The van der Waals surface area contributed by atoms with E-state index in [0.717, 1.165) is 13.0 Å². The lowest BCUT2D eigenvalue weighted by Gasteiger charge is -2.31. The summed E-state index contributed by atoms with van der Waals surface area (Å²) in [6.07, 6.45) is 15.2. The molecule has 0 bridgehead atoms. The topological polar surface area (TPSA) is 12.0 Å². The van der Waals surface area contributed by atoms with Gasteiger partial charge in [-0.3, -0.25) is 0 Å².